The van der Waals surface area contributed by atoms with E-state index in [0.717, 1.165) is 0 Å². The Morgan fingerprint density at radius 3 is 2.17 bits per heavy atom. The lowest BCUT2D eigenvalue weighted by Gasteiger charge is -2.10. The molecule has 2 amide bonds. The van der Waals surface area contributed by atoms with Gasteiger partial charge < -0.3 is 10.6 Å². The molecule has 0 fully saturated rings. The molecule has 0 aliphatic rings. The molecule has 0 bridgehead atoms. The van der Waals surface area contributed by atoms with Crippen LogP contribution in [0, 0.1) is 10.1 Å². The lowest BCUT2D eigenvalue weighted by atomic mass is 10.1. The predicted molar refractivity (Wildman–Crippen MR) is 112 cm³/mol. The second kappa shape index (κ2) is 9.09. The van der Waals surface area contributed by atoms with Gasteiger partial charge in [-0.15, -0.1) is 0 Å². The van der Waals surface area contributed by atoms with E-state index in [9.17, 15) is 19.7 Å². The van der Waals surface area contributed by atoms with Crippen LogP contribution in [-0.2, 0) is 4.79 Å². The molecule has 0 aromatic heterocycles. The topological polar surface area (TPSA) is 101 Å². The Morgan fingerprint density at radius 1 is 0.828 bits per heavy atom. The van der Waals surface area contributed by atoms with Crippen LogP contribution in [0.4, 0.5) is 17.1 Å². The minimum Gasteiger partial charge on any atom is -0.322 e. The molecule has 0 spiro atoms. The van der Waals surface area contributed by atoms with E-state index in [2.05, 4.69) is 10.6 Å². The fourth-order valence-corrected chi connectivity index (χ4v) is 2.56. The number of rotatable bonds is 6. The van der Waals surface area contributed by atoms with Crippen LogP contribution >= 0.6 is 0 Å². The van der Waals surface area contributed by atoms with Crippen LogP contribution in [0.15, 0.2) is 84.9 Å². The molecule has 7 heteroatoms. The summed E-state index contributed by atoms with van der Waals surface area (Å²) < 4.78 is 0. The third-order valence-electron chi connectivity index (χ3n) is 3.99. The highest BCUT2D eigenvalue weighted by Crippen LogP contribution is 2.18. The second-order valence-corrected chi connectivity index (χ2v) is 6.04. The van der Waals surface area contributed by atoms with Crippen molar-refractivity contribution in [1.82, 2.24) is 0 Å². The molecule has 3 aromatic rings. The van der Waals surface area contributed by atoms with E-state index >= 15 is 0 Å². The van der Waals surface area contributed by atoms with Gasteiger partial charge in [0.05, 0.1) is 16.2 Å². The number of benzene rings is 3. The molecule has 0 heterocycles. The fraction of sp³-hybridized carbons (Fsp3) is 0. The third kappa shape index (κ3) is 5.36. The first-order chi connectivity index (χ1) is 14.0. The number of amides is 2. The van der Waals surface area contributed by atoms with E-state index in [1.165, 1.54) is 24.3 Å². The molecule has 0 aliphatic carbocycles. The molecule has 3 rings (SSSR count). The zero-order chi connectivity index (χ0) is 20.6. The summed E-state index contributed by atoms with van der Waals surface area (Å²) in [6, 6.07) is 21.5. The highest BCUT2D eigenvalue weighted by atomic mass is 16.6. The number of carbonyl (C=O) groups excluding carboxylic acids is 2. The van der Waals surface area contributed by atoms with Crippen LogP contribution in [0.2, 0.25) is 0 Å². The Kier molecular flexibility index (Phi) is 6.12. The zero-order valence-electron chi connectivity index (χ0n) is 15.2. The molecular weight excluding hydrogens is 370 g/mol. The Hall–Kier alpha value is -4.26. The number of nitrogens with one attached hydrogen (secondary N) is 2. The Morgan fingerprint density at radius 2 is 1.48 bits per heavy atom. The van der Waals surface area contributed by atoms with Crippen LogP contribution < -0.4 is 10.6 Å². The van der Waals surface area contributed by atoms with Crippen LogP contribution in [0.5, 0.6) is 0 Å². The lowest BCUT2D eigenvalue weighted by Crippen LogP contribution is -2.16. The van der Waals surface area contributed by atoms with Gasteiger partial charge in [0.15, 0.2) is 0 Å². The van der Waals surface area contributed by atoms with Crippen molar-refractivity contribution >= 4 is 35.0 Å². The van der Waals surface area contributed by atoms with Crippen molar-refractivity contribution in [2.75, 3.05) is 10.6 Å². The first-order valence-electron chi connectivity index (χ1n) is 8.72. The van der Waals surface area contributed by atoms with Gasteiger partial charge in [-0.1, -0.05) is 30.3 Å². The van der Waals surface area contributed by atoms with Gasteiger partial charge in [0.25, 0.3) is 11.6 Å². The van der Waals surface area contributed by atoms with E-state index in [1.807, 2.05) is 18.2 Å². The highest BCUT2D eigenvalue weighted by Gasteiger charge is 2.12. The number of nitrogens with zero attached hydrogens (tertiary/aromatic N) is 1. The van der Waals surface area contributed by atoms with Gasteiger partial charge in [0, 0.05) is 23.9 Å². The Bertz CT molecular complexity index is 1060. The SMILES string of the molecule is O=C(/C=C/c1ccc([N+](=O)[O-])cc1)Nc1ccccc1C(=O)Nc1ccccc1. The average Bonchev–Trinajstić information content (AvgIpc) is 2.73. The van der Waals surface area contributed by atoms with Crippen molar-refractivity contribution in [3.8, 4) is 0 Å². The van der Waals surface area contributed by atoms with E-state index in [4.69, 9.17) is 0 Å². The van der Waals surface area contributed by atoms with Gasteiger partial charge in [-0.05, 0) is 48.0 Å². The van der Waals surface area contributed by atoms with Crippen molar-refractivity contribution in [3.63, 3.8) is 0 Å². The fourth-order valence-electron chi connectivity index (χ4n) is 2.56. The lowest BCUT2D eigenvalue weighted by molar-refractivity contribution is -0.384. The summed E-state index contributed by atoms with van der Waals surface area (Å²) in [5, 5.41) is 16.1. The molecule has 0 atom stereocenters. The summed E-state index contributed by atoms with van der Waals surface area (Å²) in [5.41, 5.74) is 1.97. The molecule has 29 heavy (non-hydrogen) atoms. The standard InChI is InChI=1S/C22H17N3O4/c26-21(15-12-16-10-13-18(14-11-16)25(28)29)24-20-9-5-4-8-19(20)22(27)23-17-6-2-1-3-7-17/h1-15H,(H,23,27)(H,24,26)/b15-12+. The van der Waals surface area contributed by atoms with E-state index in [0.29, 0.717) is 22.5 Å². The number of para-hydroxylation sites is 2. The maximum absolute atomic E-state index is 12.5. The van der Waals surface area contributed by atoms with Crippen molar-refractivity contribution in [3.05, 3.63) is 106 Å². The van der Waals surface area contributed by atoms with Gasteiger partial charge in [0.2, 0.25) is 5.91 Å². The van der Waals surface area contributed by atoms with Crippen molar-refractivity contribution in [2.24, 2.45) is 0 Å². The van der Waals surface area contributed by atoms with E-state index in [-0.39, 0.29) is 11.6 Å². The van der Waals surface area contributed by atoms with Crippen LogP contribution in [0.1, 0.15) is 15.9 Å². The summed E-state index contributed by atoms with van der Waals surface area (Å²) in [6.45, 7) is 0. The van der Waals surface area contributed by atoms with E-state index < -0.39 is 10.8 Å². The molecule has 0 aliphatic heterocycles. The summed E-state index contributed by atoms with van der Waals surface area (Å²) in [7, 11) is 0. The van der Waals surface area contributed by atoms with Crippen LogP contribution in [-0.4, -0.2) is 16.7 Å². The van der Waals surface area contributed by atoms with Gasteiger partial charge in [-0.2, -0.15) is 0 Å². The van der Waals surface area contributed by atoms with Gasteiger partial charge in [-0.25, -0.2) is 0 Å². The second-order valence-electron chi connectivity index (χ2n) is 6.04. The van der Waals surface area contributed by atoms with Crippen molar-refractivity contribution in [1.29, 1.82) is 0 Å². The van der Waals surface area contributed by atoms with Gasteiger partial charge in [-0.3, -0.25) is 19.7 Å². The van der Waals surface area contributed by atoms with E-state index in [1.54, 1.807) is 48.5 Å². The molecule has 0 saturated carbocycles. The van der Waals surface area contributed by atoms with Gasteiger partial charge in [0.1, 0.15) is 0 Å². The Balaban J connectivity index is 1.69. The van der Waals surface area contributed by atoms with Crippen LogP contribution in [0.3, 0.4) is 0 Å². The summed E-state index contributed by atoms with van der Waals surface area (Å²) >= 11 is 0. The quantitative estimate of drug-likeness (QED) is 0.369. The molecule has 3 aromatic carbocycles. The number of nitro groups is 1. The highest BCUT2D eigenvalue weighted by molar-refractivity contribution is 6.11. The molecule has 0 saturated heterocycles. The smallest absolute Gasteiger partial charge is 0.269 e. The van der Waals surface area contributed by atoms with Crippen molar-refractivity contribution in [2.45, 2.75) is 0 Å². The number of non-ortho nitro benzene ring substituents is 1. The van der Waals surface area contributed by atoms with Gasteiger partial charge >= 0.3 is 0 Å². The summed E-state index contributed by atoms with van der Waals surface area (Å²) in [4.78, 5) is 35.0. The molecule has 0 unspecified atom stereocenters. The molecule has 7 nitrogen and oxygen atoms in total. The average molecular weight is 387 g/mol. The van der Waals surface area contributed by atoms with Crippen molar-refractivity contribution < 1.29 is 14.5 Å². The summed E-state index contributed by atoms with van der Waals surface area (Å²) in [6.07, 6.45) is 2.83. The number of carbonyl (C=O) groups is 2. The monoisotopic (exact) mass is 387 g/mol. The molecule has 2 N–H and O–H groups in total. The minimum atomic E-state index is -0.488. The molecule has 144 valence electrons. The number of anilines is 2. The molecular formula is C22H17N3O4. The predicted octanol–water partition coefficient (Wildman–Crippen LogP) is 4.50. The summed E-state index contributed by atoms with van der Waals surface area (Å²) in [5.74, 6) is -0.769. The number of nitro benzene ring substituents is 1. The zero-order valence-corrected chi connectivity index (χ0v) is 15.2. The Labute approximate surface area is 166 Å². The normalized spacial score (nSPS) is 10.5. The first-order valence-corrected chi connectivity index (χ1v) is 8.72. The number of hydrogen-bond acceptors (Lipinski definition) is 4. The number of hydrogen-bond donors (Lipinski definition) is 2. The maximum atomic E-state index is 12.5. The minimum absolute atomic E-state index is 0.0232. The van der Waals surface area contributed by atoms with Crippen LogP contribution in [0.25, 0.3) is 6.08 Å². The third-order valence-corrected chi connectivity index (χ3v) is 3.99. The first kappa shape index (κ1) is 19.5. The largest absolute Gasteiger partial charge is 0.322 e. The maximum Gasteiger partial charge on any atom is 0.269 e. The molecule has 0 radical (unpaired) electrons.